The van der Waals surface area contributed by atoms with Gasteiger partial charge in [-0.3, -0.25) is 19.7 Å². The molecule has 0 saturated carbocycles. The third-order valence-electron chi connectivity index (χ3n) is 8.99. The summed E-state index contributed by atoms with van der Waals surface area (Å²) in [6, 6.07) is 32.0. The van der Waals surface area contributed by atoms with Crippen molar-refractivity contribution in [2.24, 2.45) is 0 Å². The van der Waals surface area contributed by atoms with Crippen molar-refractivity contribution in [3.8, 4) is 45.5 Å². The van der Waals surface area contributed by atoms with Crippen molar-refractivity contribution in [2.45, 2.75) is 0 Å². The molecule has 0 saturated heterocycles. The van der Waals surface area contributed by atoms with E-state index in [2.05, 4.69) is 10.6 Å². The predicted octanol–water partition coefficient (Wildman–Crippen LogP) is 8.56. The fourth-order valence-corrected chi connectivity index (χ4v) is 6.28. The highest BCUT2D eigenvalue weighted by molar-refractivity contribution is 6.15. The maximum absolute atomic E-state index is 14.1. The molecule has 7 rings (SSSR count). The van der Waals surface area contributed by atoms with E-state index in [1.165, 1.54) is 32.4 Å². The lowest BCUT2D eigenvalue weighted by molar-refractivity contribution is -0.383. The Morgan fingerprint density at radius 2 is 1.07 bits per heavy atom. The second kappa shape index (κ2) is 15.2. The van der Waals surface area contributed by atoms with E-state index in [4.69, 9.17) is 28.9 Å². The Morgan fingerprint density at radius 1 is 0.582 bits per heavy atom. The van der Waals surface area contributed by atoms with Crippen molar-refractivity contribution >= 4 is 50.7 Å². The van der Waals surface area contributed by atoms with Gasteiger partial charge in [-0.15, -0.1) is 0 Å². The van der Waals surface area contributed by atoms with E-state index < -0.39 is 16.7 Å². The first kappa shape index (κ1) is 35.8. The summed E-state index contributed by atoms with van der Waals surface area (Å²) in [5.74, 6) is 1.02. The Bertz CT molecular complexity index is 2650. The molecular formula is C42H33N5O8. The van der Waals surface area contributed by atoms with Gasteiger partial charge >= 0.3 is 0 Å². The van der Waals surface area contributed by atoms with Gasteiger partial charge in [0, 0.05) is 45.8 Å². The van der Waals surface area contributed by atoms with Crippen LogP contribution in [0.4, 0.5) is 17.1 Å². The summed E-state index contributed by atoms with van der Waals surface area (Å²) >= 11 is 0. The van der Waals surface area contributed by atoms with Crippen LogP contribution in [0.15, 0.2) is 115 Å². The number of nitrogens with one attached hydrogen (secondary N) is 2. The van der Waals surface area contributed by atoms with Crippen molar-refractivity contribution < 1.29 is 33.5 Å². The van der Waals surface area contributed by atoms with E-state index in [-0.39, 0.29) is 22.6 Å². The molecule has 13 nitrogen and oxygen atoms in total. The number of hydrogen-bond acceptors (Lipinski definition) is 10. The lowest BCUT2D eigenvalue weighted by atomic mass is 10.0. The third-order valence-corrected chi connectivity index (χ3v) is 8.99. The van der Waals surface area contributed by atoms with Crippen LogP contribution in [0, 0.1) is 10.1 Å². The molecule has 0 bridgehead atoms. The quantitative estimate of drug-likeness (QED) is 0.0972. The number of benzene rings is 5. The summed E-state index contributed by atoms with van der Waals surface area (Å²) < 4.78 is 21.9. The molecule has 2 heterocycles. The van der Waals surface area contributed by atoms with E-state index in [0.717, 1.165) is 0 Å². The summed E-state index contributed by atoms with van der Waals surface area (Å²) in [6.07, 6.45) is 0. The number of methoxy groups -OCH3 is 4. The van der Waals surface area contributed by atoms with E-state index in [0.29, 0.717) is 72.9 Å². The van der Waals surface area contributed by atoms with Crippen LogP contribution in [0.5, 0.6) is 23.0 Å². The highest BCUT2D eigenvalue weighted by atomic mass is 16.6. The first-order chi connectivity index (χ1) is 26.7. The molecule has 7 aromatic rings. The van der Waals surface area contributed by atoms with Gasteiger partial charge < -0.3 is 29.6 Å². The number of nitro benzene ring substituents is 1. The predicted molar refractivity (Wildman–Crippen MR) is 210 cm³/mol. The monoisotopic (exact) mass is 735 g/mol. The molecule has 2 amide bonds. The minimum Gasteiger partial charge on any atom is -0.497 e. The summed E-state index contributed by atoms with van der Waals surface area (Å²) in [5.41, 5.74) is 3.48. The van der Waals surface area contributed by atoms with Crippen molar-refractivity contribution in [3.63, 3.8) is 0 Å². The first-order valence-electron chi connectivity index (χ1n) is 16.9. The van der Waals surface area contributed by atoms with Gasteiger partial charge in [-0.1, -0.05) is 36.4 Å². The molecule has 274 valence electrons. The van der Waals surface area contributed by atoms with Crippen LogP contribution < -0.4 is 29.6 Å². The van der Waals surface area contributed by atoms with Crippen molar-refractivity contribution in [1.29, 1.82) is 0 Å². The number of aromatic nitrogens is 2. The van der Waals surface area contributed by atoms with Gasteiger partial charge in [0.15, 0.2) is 0 Å². The van der Waals surface area contributed by atoms with Crippen molar-refractivity contribution in [1.82, 2.24) is 9.97 Å². The number of para-hydroxylation sites is 2. The third kappa shape index (κ3) is 7.13. The minimum atomic E-state index is -0.628. The van der Waals surface area contributed by atoms with Gasteiger partial charge in [0.1, 0.15) is 28.7 Å². The molecule has 2 aromatic heterocycles. The number of fused-ring (bicyclic) bond motifs is 2. The number of rotatable bonds is 11. The van der Waals surface area contributed by atoms with Gasteiger partial charge in [0.05, 0.1) is 66.9 Å². The molecule has 0 aliphatic rings. The number of anilines is 2. The van der Waals surface area contributed by atoms with Gasteiger partial charge in [-0.05, 0) is 60.7 Å². The molecule has 13 heteroatoms. The average Bonchev–Trinajstić information content (AvgIpc) is 3.22. The molecule has 0 atom stereocenters. The molecule has 0 unspecified atom stereocenters. The van der Waals surface area contributed by atoms with Gasteiger partial charge in [-0.2, -0.15) is 0 Å². The lowest BCUT2D eigenvalue weighted by Crippen LogP contribution is -2.16. The van der Waals surface area contributed by atoms with Crippen LogP contribution in [0.25, 0.3) is 44.3 Å². The van der Waals surface area contributed by atoms with Gasteiger partial charge in [0.25, 0.3) is 17.5 Å². The summed E-state index contributed by atoms with van der Waals surface area (Å²) in [7, 11) is 6.15. The number of pyridine rings is 2. The normalized spacial score (nSPS) is 10.8. The van der Waals surface area contributed by atoms with Crippen molar-refractivity contribution in [3.05, 3.63) is 137 Å². The topological polar surface area (TPSA) is 164 Å². The maximum atomic E-state index is 14.1. The molecule has 0 aliphatic heterocycles. The molecule has 0 radical (unpaired) electrons. The number of ether oxygens (including phenoxy) is 4. The standard InChI is InChI=1S/C42H33N5O8/c1-52-25-14-16-29(39(20-25)54-3)35-22-31(27-9-5-7-11-33(27)44-35)41(48)43-24-13-18-38(47(50)51)37(19-24)46-42(49)32-23-36(45-34-12-8-6-10-28(32)34)30-17-15-26(53-2)21-40(30)55-4/h5-23H,1-4H3,(H,43,48)(H,46,49). The second-order valence-electron chi connectivity index (χ2n) is 12.2. The molecule has 0 spiro atoms. The largest absolute Gasteiger partial charge is 0.497 e. The highest BCUT2D eigenvalue weighted by Gasteiger charge is 2.23. The number of hydrogen-bond donors (Lipinski definition) is 2. The SMILES string of the molecule is COc1ccc(-c2cc(C(=O)Nc3ccc([N+](=O)[O-])c(NC(=O)c4cc(-c5ccc(OC)cc5OC)nc5ccccc45)c3)c3ccccc3n2)c(OC)c1. The van der Waals surface area contributed by atoms with E-state index in [1.807, 2.05) is 6.07 Å². The Labute approximate surface area is 314 Å². The minimum absolute atomic E-state index is 0.125. The van der Waals surface area contributed by atoms with Crippen molar-refractivity contribution in [2.75, 3.05) is 39.1 Å². The summed E-state index contributed by atoms with van der Waals surface area (Å²) in [6.45, 7) is 0. The Morgan fingerprint density at radius 3 is 1.55 bits per heavy atom. The summed E-state index contributed by atoms with van der Waals surface area (Å²) in [4.78, 5) is 49.2. The molecule has 0 aliphatic carbocycles. The number of carbonyl (C=O) groups is 2. The first-order valence-corrected chi connectivity index (χ1v) is 16.9. The van der Waals surface area contributed by atoms with Gasteiger partial charge in [0.2, 0.25) is 0 Å². The molecule has 55 heavy (non-hydrogen) atoms. The lowest BCUT2D eigenvalue weighted by Gasteiger charge is -2.15. The Kier molecular flexibility index (Phi) is 9.91. The fraction of sp³-hybridized carbons (Fsp3) is 0.0952. The average molecular weight is 736 g/mol. The zero-order valence-electron chi connectivity index (χ0n) is 30.1. The van der Waals surface area contributed by atoms with Crippen LogP contribution in [-0.4, -0.2) is 55.1 Å². The van der Waals surface area contributed by atoms with E-state index >= 15 is 0 Å². The molecule has 2 N–H and O–H groups in total. The highest BCUT2D eigenvalue weighted by Crippen LogP contribution is 2.37. The number of nitro groups is 1. The van der Waals surface area contributed by atoms with Crippen LogP contribution in [0.2, 0.25) is 0 Å². The van der Waals surface area contributed by atoms with Crippen LogP contribution >= 0.6 is 0 Å². The van der Waals surface area contributed by atoms with Gasteiger partial charge in [-0.25, -0.2) is 9.97 Å². The van der Waals surface area contributed by atoms with Crippen LogP contribution in [-0.2, 0) is 0 Å². The van der Waals surface area contributed by atoms with Crippen LogP contribution in [0.1, 0.15) is 20.7 Å². The number of nitrogens with zero attached hydrogens (tertiary/aromatic N) is 3. The Hall–Kier alpha value is -7.54. The summed E-state index contributed by atoms with van der Waals surface area (Å²) in [5, 5.41) is 18.9. The number of amides is 2. The van der Waals surface area contributed by atoms with E-state index in [9.17, 15) is 19.7 Å². The zero-order valence-corrected chi connectivity index (χ0v) is 30.1. The fourth-order valence-electron chi connectivity index (χ4n) is 6.28. The Balaban J connectivity index is 1.24. The van der Waals surface area contributed by atoms with E-state index in [1.54, 1.807) is 105 Å². The second-order valence-corrected chi connectivity index (χ2v) is 12.2. The zero-order chi connectivity index (χ0) is 38.6. The maximum Gasteiger partial charge on any atom is 0.292 e. The molecule has 0 fully saturated rings. The molecular weight excluding hydrogens is 702 g/mol. The number of carbonyl (C=O) groups excluding carboxylic acids is 2. The molecule has 5 aromatic carbocycles. The smallest absolute Gasteiger partial charge is 0.292 e. The van der Waals surface area contributed by atoms with Crippen LogP contribution in [0.3, 0.4) is 0 Å².